The Labute approximate surface area is 208 Å². The molecule has 1 saturated heterocycles. The summed E-state index contributed by atoms with van der Waals surface area (Å²) in [5, 5.41) is 2.93. The topological polar surface area (TPSA) is 105 Å². The summed E-state index contributed by atoms with van der Waals surface area (Å²) in [4.78, 5) is 27.9. The van der Waals surface area contributed by atoms with Crippen molar-refractivity contribution in [1.82, 2.24) is 14.9 Å². The highest BCUT2D eigenvalue weighted by atomic mass is 32.2. The van der Waals surface area contributed by atoms with Gasteiger partial charge in [-0.15, -0.1) is 0 Å². The maximum absolute atomic E-state index is 13.3. The van der Waals surface area contributed by atoms with E-state index in [0.29, 0.717) is 26.1 Å². The van der Waals surface area contributed by atoms with Crippen molar-refractivity contribution in [1.29, 1.82) is 0 Å². The molecule has 0 radical (unpaired) electrons. The third-order valence-electron chi connectivity index (χ3n) is 6.09. The molecule has 8 nitrogen and oxygen atoms in total. The van der Waals surface area contributed by atoms with Crippen LogP contribution in [0.3, 0.4) is 0 Å². The first-order chi connectivity index (χ1) is 16.8. The number of carbonyl (C=O) groups excluding carboxylic acids is 2. The molecule has 190 valence electrons. The Morgan fingerprint density at radius 3 is 2.43 bits per heavy atom. The summed E-state index contributed by atoms with van der Waals surface area (Å²) < 4.78 is 32.3. The van der Waals surface area contributed by atoms with Gasteiger partial charge < -0.3 is 15.0 Å². The Balaban J connectivity index is 1.64. The molecule has 2 atom stereocenters. The van der Waals surface area contributed by atoms with Crippen LogP contribution in [0.2, 0.25) is 0 Å². The van der Waals surface area contributed by atoms with Crippen LogP contribution in [0.25, 0.3) is 0 Å². The highest BCUT2D eigenvalue weighted by Gasteiger charge is 2.27. The van der Waals surface area contributed by atoms with E-state index in [-0.39, 0.29) is 29.2 Å². The Hall–Kier alpha value is -2.75. The molecule has 1 heterocycles. The summed E-state index contributed by atoms with van der Waals surface area (Å²) in [6.07, 6.45) is 2.60. The van der Waals surface area contributed by atoms with Crippen LogP contribution in [-0.2, 0) is 37.3 Å². The number of ether oxygens (including phenoxy) is 1. The summed E-state index contributed by atoms with van der Waals surface area (Å²) in [6, 6.07) is 15.5. The number of nitrogens with one attached hydrogen (secondary N) is 2. The molecule has 3 rings (SSSR count). The first-order valence-electron chi connectivity index (χ1n) is 12.1. The number of sulfonamides is 1. The third kappa shape index (κ3) is 7.88. The third-order valence-corrected chi connectivity index (χ3v) is 7.65. The van der Waals surface area contributed by atoms with Gasteiger partial charge in [-0.2, -0.15) is 0 Å². The Morgan fingerprint density at radius 1 is 1.09 bits per heavy atom. The average Bonchev–Trinajstić information content (AvgIpc) is 3.38. The number of rotatable bonds is 12. The normalized spacial score (nSPS) is 16.6. The number of aryl methyl sites for hydroxylation is 1. The van der Waals surface area contributed by atoms with Crippen molar-refractivity contribution in [3.8, 4) is 0 Å². The zero-order chi connectivity index (χ0) is 25.3. The summed E-state index contributed by atoms with van der Waals surface area (Å²) in [6.45, 7) is 5.27. The number of carbonyl (C=O) groups is 2. The molecular formula is C26H35N3O5S. The Morgan fingerprint density at radius 2 is 1.80 bits per heavy atom. The Kier molecular flexibility index (Phi) is 9.83. The number of amides is 2. The molecule has 0 bridgehead atoms. The second-order valence-corrected chi connectivity index (χ2v) is 10.5. The van der Waals surface area contributed by atoms with Crippen LogP contribution in [0.1, 0.15) is 44.2 Å². The smallest absolute Gasteiger partial charge is 0.242 e. The van der Waals surface area contributed by atoms with Crippen LogP contribution in [0, 0.1) is 0 Å². The van der Waals surface area contributed by atoms with Crippen LogP contribution in [0.4, 0.5) is 0 Å². The molecule has 0 unspecified atom stereocenters. The van der Waals surface area contributed by atoms with E-state index in [4.69, 9.17) is 4.74 Å². The second-order valence-electron chi connectivity index (χ2n) is 8.71. The number of benzene rings is 2. The van der Waals surface area contributed by atoms with Gasteiger partial charge >= 0.3 is 0 Å². The van der Waals surface area contributed by atoms with Crippen LogP contribution >= 0.6 is 0 Å². The van der Waals surface area contributed by atoms with E-state index >= 15 is 0 Å². The van der Waals surface area contributed by atoms with E-state index < -0.39 is 16.1 Å². The van der Waals surface area contributed by atoms with Crippen molar-refractivity contribution < 1.29 is 22.7 Å². The molecule has 1 aliphatic rings. The van der Waals surface area contributed by atoms with Crippen molar-refractivity contribution in [2.24, 2.45) is 0 Å². The molecule has 2 amide bonds. The maximum Gasteiger partial charge on any atom is 0.242 e. The fourth-order valence-corrected chi connectivity index (χ4v) is 5.07. The van der Waals surface area contributed by atoms with Gasteiger partial charge in [-0.3, -0.25) is 9.59 Å². The standard InChI is InChI=1S/C26H35N3O5S/c1-3-28-35(32,33)24-14-11-21(12-15-24)13-16-25(30)29(19-22-8-5-4-6-9-22)20(2)26(31)27-18-23-10-7-17-34-23/h4-6,8-9,11-12,14-15,20,23,28H,3,7,10,13,16-19H2,1-2H3,(H,27,31)/t20-,23-/m1/s1. The predicted octanol–water partition coefficient (Wildman–Crippen LogP) is 2.63. The van der Waals surface area contributed by atoms with Gasteiger partial charge in [0.15, 0.2) is 0 Å². The minimum Gasteiger partial charge on any atom is -0.376 e. The fraction of sp³-hybridized carbons (Fsp3) is 0.462. The molecule has 0 aliphatic carbocycles. The lowest BCUT2D eigenvalue weighted by Gasteiger charge is -2.29. The van der Waals surface area contributed by atoms with Crippen molar-refractivity contribution in [3.05, 3.63) is 65.7 Å². The van der Waals surface area contributed by atoms with Gasteiger partial charge in [0.2, 0.25) is 21.8 Å². The van der Waals surface area contributed by atoms with Crippen molar-refractivity contribution in [2.75, 3.05) is 19.7 Å². The predicted molar refractivity (Wildman–Crippen MR) is 134 cm³/mol. The zero-order valence-corrected chi connectivity index (χ0v) is 21.2. The highest BCUT2D eigenvalue weighted by Crippen LogP contribution is 2.16. The highest BCUT2D eigenvalue weighted by molar-refractivity contribution is 7.89. The lowest BCUT2D eigenvalue weighted by molar-refractivity contribution is -0.140. The summed E-state index contributed by atoms with van der Waals surface area (Å²) >= 11 is 0. The average molecular weight is 502 g/mol. The first kappa shape index (κ1) is 26.8. The molecular weight excluding hydrogens is 466 g/mol. The molecule has 35 heavy (non-hydrogen) atoms. The van der Waals surface area contributed by atoms with Gasteiger partial charge in [0.05, 0.1) is 11.0 Å². The second kappa shape index (κ2) is 12.8. The van der Waals surface area contributed by atoms with E-state index in [0.717, 1.165) is 30.6 Å². The maximum atomic E-state index is 13.3. The summed E-state index contributed by atoms with van der Waals surface area (Å²) in [7, 11) is -3.52. The molecule has 2 aromatic rings. The van der Waals surface area contributed by atoms with E-state index in [9.17, 15) is 18.0 Å². The van der Waals surface area contributed by atoms with E-state index in [2.05, 4.69) is 10.0 Å². The van der Waals surface area contributed by atoms with Crippen LogP contribution in [0.15, 0.2) is 59.5 Å². The Bertz CT molecular complexity index is 1070. The van der Waals surface area contributed by atoms with Gasteiger partial charge in [-0.1, -0.05) is 49.4 Å². The lowest BCUT2D eigenvalue weighted by atomic mass is 10.1. The van der Waals surface area contributed by atoms with Crippen molar-refractivity contribution in [2.45, 2.75) is 63.1 Å². The molecule has 9 heteroatoms. The van der Waals surface area contributed by atoms with E-state index in [1.165, 1.54) is 0 Å². The minimum absolute atomic E-state index is 0.0312. The van der Waals surface area contributed by atoms with Gasteiger partial charge in [-0.25, -0.2) is 13.1 Å². The van der Waals surface area contributed by atoms with Crippen molar-refractivity contribution in [3.63, 3.8) is 0 Å². The van der Waals surface area contributed by atoms with Gasteiger partial charge in [0, 0.05) is 32.7 Å². The fourth-order valence-electron chi connectivity index (χ4n) is 4.03. The van der Waals surface area contributed by atoms with E-state index in [1.807, 2.05) is 30.3 Å². The largest absolute Gasteiger partial charge is 0.376 e. The number of hydrogen-bond donors (Lipinski definition) is 2. The SMILES string of the molecule is CCNS(=O)(=O)c1ccc(CCC(=O)N(Cc2ccccc2)[C@H](C)C(=O)NC[C@H]2CCCO2)cc1. The first-order valence-corrected chi connectivity index (χ1v) is 13.6. The van der Waals surface area contributed by atoms with Gasteiger partial charge in [-0.05, 0) is 49.4 Å². The zero-order valence-electron chi connectivity index (χ0n) is 20.4. The molecule has 2 N–H and O–H groups in total. The number of nitrogens with zero attached hydrogens (tertiary/aromatic N) is 1. The van der Waals surface area contributed by atoms with Gasteiger partial charge in [0.1, 0.15) is 6.04 Å². The summed E-state index contributed by atoms with van der Waals surface area (Å²) in [5.41, 5.74) is 1.79. The monoisotopic (exact) mass is 501 g/mol. The number of hydrogen-bond acceptors (Lipinski definition) is 5. The molecule has 0 spiro atoms. The molecule has 1 fully saturated rings. The van der Waals surface area contributed by atoms with Gasteiger partial charge in [0.25, 0.3) is 0 Å². The summed E-state index contributed by atoms with van der Waals surface area (Å²) in [5.74, 6) is -0.347. The minimum atomic E-state index is -3.52. The van der Waals surface area contributed by atoms with Crippen LogP contribution < -0.4 is 10.0 Å². The van der Waals surface area contributed by atoms with Crippen LogP contribution in [0.5, 0.6) is 0 Å². The molecule has 0 aromatic heterocycles. The molecule has 0 saturated carbocycles. The quantitative estimate of drug-likeness (QED) is 0.465. The lowest BCUT2D eigenvalue weighted by Crippen LogP contribution is -2.49. The molecule has 1 aliphatic heterocycles. The van der Waals surface area contributed by atoms with Crippen LogP contribution in [-0.4, -0.2) is 57.0 Å². The van der Waals surface area contributed by atoms with Crippen molar-refractivity contribution >= 4 is 21.8 Å². The van der Waals surface area contributed by atoms with E-state index in [1.54, 1.807) is 43.0 Å². The molecule has 2 aromatic carbocycles.